The number of aromatic nitrogens is 1. The number of amides is 2. The van der Waals surface area contributed by atoms with Gasteiger partial charge in [0.2, 0.25) is 11.8 Å². The molecular weight excluding hydrogens is 386 g/mol. The van der Waals surface area contributed by atoms with Crippen LogP contribution in [0.2, 0.25) is 0 Å². The largest absolute Gasteiger partial charge is 0.352 e. The fraction of sp³-hybridized carbons (Fsp3) is 0.269. The molecule has 0 bridgehead atoms. The SMILES string of the molecule is O=C(NCc1ccncc1)C1CCN(C(=O)C(c2ccccc2)c2ccccc2)CC1. The molecule has 3 aromatic rings. The van der Waals surface area contributed by atoms with Crippen molar-refractivity contribution in [2.75, 3.05) is 13.1 Å². The smallest absolute Gasteiger partial charge is 0.234 e. The van der Waals surface area contributed by atoms with Gasteiger partial charge in [-0.15, -0.1) is 0 Å². The van der Waals surface area contributed by atoms with Gasteiger partial charge in [0.15, 0.2) is 0 Å². The van der Waals surface area contributed by atoms with E-state index in [1.54, 1.807) is 12.4 Å². The maximum atomic E-state index is 13.5. The molecule has 1 N–H and O–H groups in total. The van der Waals surface area contributed by atoms with Crippen molar-refractivity contribution in [3.8, 4) is 0 Å². The fourth-order valence-electron chi connectivity index (χ4n) is 4.15. The Morgan fingerprint density at radius 3 is 1.97 bits per heavy atom. The molecule has 158 valence electrons. The molecule has 1 aliphatic rings. The van der Waals surface area contributed by atoms with Crippen molar-refractivity contribution in [2.24, 2.45) is 5.92 Å². The summed E-state index contributed by atoms with van der Waals surface area (Å²) in [5.74, 6) is -0.211. The van der Waals surface area contributed by atoms with Crippen LogP contribution in [0, 0.1) is 5.92 Å². The first-order valence-electron chi connectivity index (χ1n) is 10.8. The van der Waals surface area contributed by atoms with E-state index in [-0.39, 0.29) is 23.7 Å². The summed E-state index contributed by atoms with van der Waals surface area (Å²) in [6.45, 7) is 1.70. The normalized spacial score (nSPS) is 14.4. The average Bonchev–Trinajstić information content (AvgIpc) is 2.85. The molecule has 2 heterocycles. The lowest BCUT2D eigenvalue weighted by molar-refractivity contribution is -0.136. The molecule has 2 amide bonds. The van der Waals surface area contributed by atoms with Gasteiger partial charge < -0.3 is 10.2 Å². The van der Waals surface area contributed by atoms with E-state index in [0.717, 1.165) is 16.7 Å². The number of rotatable bonds is 6. The van der Waals surface area contributed by atoms with Crippen molar-refractivity contribution in [3.05, 3.63) is 102 Å². The van der Waals surface area contributed by atoms with Crippen molar-refractivity contribution in [2.45, 2.75) is 25.3 Å². The van der Waals surface area contributed by atoms with Crippen LogP contribution in [0.5, 0.6) is 0 Å². The first-order valence-corrected chi connectivity index (χ1v) is 10.8. The van der Waals surface area contributed by atoms with Crippen LogP contribution in [0.4, 0.5) is 0 Å². The van der Waals surface area contributed by atoms with Crippen LogP contribution in [0.3, 0.4) is 0 Å². The minimum absolute atomic E-state index is 0.0576. The number of pyridine rings is 1. The zero-order valence-electron chi connectivity index (χ0n) is 17.5. The third-order valence-electron chi connectivity index (χ3n) is 5.91. The lowest BCUT2D eigenvalue weighted by Gasteiger charge is -2.34. The summed E-state index contributed by atoms with van der Waals surface area (Å²) in [4.78, 5) is 32.0. The third-order valence-corrected chi connectivity index (χ3v) is 5.91. The van der Waals surface area contributed by atoms with Crippen LogP contribution in [-0.4, -0.2) is 34.8 Å². The molecule has 0 unspecified atom stereocenters. The monoisotopic (exact) mass is 413 g/mol. The van der Waals surface area contributed by atoms with E-state index in [1.807, 2.05) is 77.7 Å². The number of nitrogens with one attached hydrogen (secondary N) is 1. The quantitative estimate of drug-likeness (QED) is 0.669. The highest BCUT2D eigenvalue weighted by Crippen LogP contribution is 2.29. The van der Waals surface area contributed by atoms with Crippen LogP contribution >= 0.6 is 0 Å². The summed E-state index contributed by atoms with van der Waals surface area (Å²) < 4.78 is 0. The van der Waals surface area contributed by atoms with E-state index in [1.165, 1.54) is 0 Å². The van der Waals surface area contributed by atoms with Gasteiger partial charge in [-0.1, -0.05) is 60.7 Å². The Hall–Kier alpha value is -3.47. The number of piperidine rings is 1. The molecule has 2 aromatic carbocycles. The van der Waals surface area contributed by atoms with E-state index in [9.17, 15) is 9.59 Å². The summed E-state index contributed by atoms with van der Waals surface area (Å²) >= 11 is 0. The summed E-state index contributed by atoms with van der Waals surface area (Å²) in [5.41, 5.74) is 3.02. The van der Waals surface area contributed by atoms with Crippen LogP contribution in [-0.2, 0) is 16.1 Å². The predicted octanol–water partition coefficient (Wildman–Crippen LogP) is 3.77. The summed E-state index contributed by atoms with van der Waals surface area (Å²) in [7, 11) is 0. The van der Waals surface area contributed by atoms with E-state index in [2.05, 4.69) is 10.3 Å². The highest BCUT2D eigenvalue weighted by atomic mass is 16.2. The molecule has 1 saturated heterocycles. The molecule has 0 spiro atoms. The van der Waals surface area contributed by atoms with E-state index >= 15 is 0 Å². The number of hydrogen-bond acceptors (Lipinski definition) is 3. The Bertz CT molecular complexity index is 945. The average molecular weight is 414 g/mol. The highest BCUT2D eigenvalue weighted by Gasteiger charge is 2.32. The standard InChI is InChI=1S/C26H27N3O2/c30-25(28-19-20-11-15-27-16-12-20)23-13-17-29(18-14-23)26(31)24(21-7-3-1-4-8-21)22-9-5-2-6-10-22/h1-12,15-16,23-24H,13-14,17-19H2,(H,28,30). The van der Waals surface area contributed by atoms with Gasteiger partial charge >= 0.3 is 0 Å². The molecule has 0 aliphatic carbocycles. The zero-order chi connectivity index (χ0) is 21.5. The van der Waals surface area contributed by atoms with Crippen LogP contribution < -0.4 is 5.32 Å². The van der Waals surface area contributed by atoms with Gasteiger partial charge in [0, 0.05) is 37.9 Å². The van der Waals surface area contributed by atoms with Gasteiger partial charge in [-0.3, -0.25) is 14.6 Å². The van der Waals surface area contributed by atoms with Crippen LogP contribution in [0.25, 0.3) is 0 Å². The van der Waals surface area contributed by atoms with Crippen molar-refractivity contribution in [1.82, 2.24) is 15.2 Å². The van der Waals surface area contributed by atoms with Gasteiger partial charge in [0.1, 0.15) is 0 Å². The van der Waals surface area contributed by atoms with Crippen molar-refractivity contribution in [1.29, 1.82) is 0 Å². The molecule has 0 atom stereocenters. The molecule has 4 rings (SSSR count). The Morgan fingerprint density at radius 2 is 1.42 bits per heavy atom. The molecule has 1 aliphatic heterocycles. The second kappa shape index (κ2) is 10.0. The third kappa shape index (κ3) is 5.18. The Balaban J connectivity index is 1.39. The Kier molecular flexibility index (Phi) is 6.72. The minimum atomic E-state index is -0.320. The topological polar surface area (TPSA) is 62.3 Å². The Labute approximate surface area is 183 Å². The van der Waals surface area contributed by atoms with E-state index in [0.29, 0.717) is 32.5 Å². The van der Waals surface area contributed by atoms with E-state index < -0.39 is 0 Å². The van der Waals surface area contributed by atoms with Crippen molar-refractivity contribution in [3.63, 3.8) is 0 Å². The second-order valence-corrected chi connectivity index (χ2v) is 7.93. The summed E-state index contributed by atoms with van der Waals surface area (Å²) in [5, 5.41) is 3.02. The fourth-order valence-corrected chi connectivity index (χ4v) is 4.15. The van der Waals surface area contributed by atoms with Crippen LogP contribution in [0.1, 0.15) is 35.4 Å². The van der Waals surface area contributed by atoms with Gasteiger partial charge in [-0.05, 0) is 41.7 Å². The molecule has 31 heavy (non-hydrogen) atoms. The molecule has 0 saturated carbocycles. The van der Waals surface area contributed by atoms with Gasteiger partial charge in [-0.25, -0.2) is 0 Å². The number of carbonyl (C=O) groups is 2. The first kappa shape index (κ1) is 20.8. The zero-order valence-corrected chi connectivity index (χ0v) is 17.5. The van der Waals surface area contributed by atoms with Gasteiger partial charge in [0.25, 0.3) is 0 Å². The maximum Gasteiger partial charge on any atom is 0.234 e. The number of hydrogen-bond donors (Lipinski definition) is 1. The number of likely N-dealkylation sites (tertiary alicyclic amines) is 1. The van der Waals surface area contributed by atoms with Gasteiger partial charge in [0.05, 0.1) is 5.92 Å². The summed E-state index contributed by atoms with van der Waals surface area (Å²) in [6, 6.07) is 23.6. The minimum Gasteiger partial charge on any atom is -0.352 e. The van der Waals surface area contributed by atoms with Gasteiger partial charge in [-0.2, -0.15) is 0 Å². The summed E-state index contributed by atoms with van der Waals surface area (Å²) in [6.07, 6.45) is 4.82. The van der Waals surface area contributed by atoms with E-state index in [4.69, 9.17) is 0 Å². The lowest BCUT2D eigenvalue weighted by atomic mass is 9.88. The molecule has 0 radical (unpaired) electrons. The molecule has 5 nitrogen and oxygen atoms in total. The molecular formula is C26H27N3O2. The van der Waals surface area contributed by atoms with Crippen molar-refractivity contribution >= 4 is 11.8 Å². The molecule has 5 heteroatoms. The maximum absolute atomic E-state index is 13.5. The number of carbonyl (C=O) groups excluding carboxylic acids is 2. The molecule has 1 fully saturated rings. The predicted molar refractivity (Wildman–Crippen MR) is 120 cm³/mol. The van der Waals surface area contributed by atoms with Crippen molar-refractivity contribution < 1.29 is 9.59 Å². The lowest BCUT2D eigenvalue weighted by Crippen LogP contribution is -2.44. The number of benzene rings is 2. The second-order valence-electron chi connectivity index (χ2n) is 7.93. The highest BCUT2D eigenvalue weighted by molar-refractivity contribution is 5.87. The first-order chi connectivity index (χ1) is 15.2. The Morgan fingerprint density at radius 1 is 0.871 bits per heavy atom. The molecule has 1 aromatic heterocycles. The number of nitrogens with zero attached hydrogens (tertiary/aromatic N) is 2. The van der Waals surface area contributed by atoms with Crippen LogP contribution in [0.15, 0.2) is 85.2 Å².